The van der Waals surface area contributed by atoms with Crippen LogP contribution in [0.4, 0.5) is 5.82 Å². The first kappa shape index (κ1) is 14.9. The Morgan fingerprint density at radius 2 is 2.00 bits per heavy atom. The fourth-order valence-electron chi connectivity index (χ4n) is 2.72. The van der Waals surface area contributed by atoms with Gasteiger partial charge in [0.15, 0.2) is 0 Å². The number of aromatic nitrogens is 2. The Hall–Kier alpha value is -1.98. The zero-order valence-electron chi connectivity index (χ0n) is 12.7. The molecule has 5 heteroatoms. The SMILES string of the molecule is OC(CNCc1ccnc(N2CCCC2)c1)c1ccccn1. The van der Waals surface area contributed by atoms with Crippen molar-refractivity contribution >= 4 is 5.82 Å². The third-order valence-electron chi connectivity index (χ3n) is 3.94. The fraction of sp³-hybridized carbons (Fsp3) is 0.412. The van der Waals surface area contributed by atoms with Gasteiger partial charge in [0.25, 0.3) is 0 Å². The molecule has 2 aromatic rings. The number of rotatable bonds is 6. The van der Waals surface area contributed by atoms with Crippen molar-refractivity contribution in [2.75, 3.05) is 24.5 Å². The zero-order valence-corrected chi connectivity index (χ0v) is 12.7. The lowest BCUT2D eigenvalue weighted by Crippen LogP contribution is -2.22. The van der Waals surface area contributed by atoms with E-state index in [1.807, 2.05) is 30.5 Å². The molecule has 22 heavy (non-hydrogen) atoms. The van der Waals surface area contributed by atoms with Crippen molar-refractivity contribution in [1.82, 2.24) is 15.3 Å². The predicted octanol–water partition coefficient (Wildman–Crippen LogP) is 1.90. The summed E-state index contributed by atoms with van der Waals surface area (Å²) >= 11 is 0. The Balaban J connectivity index is 1.52. The highest BCUT2D eigenvalue weighted by molar-refractivity contribution is 5.41. The third-order valence-corrected chi connectivity index (χ3v) is 3.94. The van der Waals surface area contributed by atoms with Crippen LogP contribution in [0.15, 0.2) is 42.7 Å². The van der Waals surface area contributed by atoms with Crippen LogP contribution in [0, 0.1) is 0 Å². The van der Waals surface area contributed by atoms with Crippen molar-refractivity contribution < 1.29 is 5.11 Å². The molecule has 0 bridgehead atoms. The quantitative estimate of drug-likeness (QED) is 0.853. The van der Waals surface area contributed by atoms with Gasteiger partial charge in [0.1, 0.15) is 11.9 Å². The molecule has 116 valence electrons. The van der Waals surface area contributed by atoms with Gasteiger partial charge in [-0.15, -0.1) is 0 Å². The van der Waals surface area contributed by atoms with Gasteiger partial charge in [-0.3, -0.25) is 4.98 Å². The maximum Gasteiger partial charge on any atom is 0.128 e. The summed E-state index contributed by atoms with van der Waals surface area (Å²) in [6, 6.07) is 9.71. The molecule has 2 aromatic heterocycles. The van der Waals surface area contributed by atoms with Crippen LogP contribution in [-0.4, -0.2) is 34.7 Å². The number of nitrogens with zero attached hydrogens (tertiary/aromatic N) is 3. The summed E-state index contributed by atoms with van der Waals surface area (Å²) in [6.07, 6.45) is 5.48. The summed E-state index contributed by atoms with van der Waals surface area (Å²) in [4.78, 5) is 10.9. The minimum atomic E-state index is -0.582. The summed E-state index contributed by atoms with van der Waals surface area (Å²) < 4.78 is 0. The molecule has 1 aliphatic rings. The first-order valence-electron chi connectivity index (χ1n) is 7.82. The normalized spacial score (nSPS) is 16.0. The predicted molar refractivity (Wildman–Crippen MR) is 86.6 cm³/mol. The van der Waals surface area contributed by atoms with Crippen LogP contribution < -0.4 is 10.2 Å². The fourth-order valence-corrected chi connectivity index (χ4v) is 2.72. The minimum absolute atomic E-state index is 0.485. The number of pyridine rings is 2. The lowest BCUT2D eigenvalue weighted by molar-refractivity contribution is 0.169. The van der Waals surface area contributed by atoms with Gasteiger partial charge >= 0.3 is 0 Å². The maximum atomic E-state index is 10.1. The lowest BCUT2D eigenvalue weighted by Gasteiger charge is -2.17. The Bertz CT molecular complexity index is 584. The van der Waals surface area contributed by atoms with E-state index in [0.29, 0.717) is 18.8 Å². The third kappa shape index (κ3) is 3.81. The molecular formula is C17H22N4O. The molecule has 0 radical (unpaired) electrons. The van der Waals surface area contributed by atoms with E-state index < -0.39 is 6.10 Å². The summed E-state index contributed by atoms with van der Waals surface area (Å²) in [6.45, 7) is 3.40. The topological polar surface area (TPSA) is 61.3 Å². The van der Waals surface area contributed by atoms with Crippen molar-refractivity contribution in [3.63, 3.8) is 0 Å². The highest BCUT2D eigenvalue weighted by atomic mass is 16.3. The monoisotopic (exact) mass is 298 g/mol. The van der Waals surface area contributed by atoms with Crippen molar-refractivity contribution in [3.8, 4) is 0 Å². The van der Waals surface area contributed by atoms with Gasteiger partial charge in [-0.05, 0) is 42.7 Å². The van der Waals surface area contributed by atoms with E-state index in [1.165, 1.54) is 18.4 Å². The maximum absolute atomic E-state index is 10.1. The Labute approximate surface area is 131 Å². The highest BCUT2D eigenvalue weighted by Gasteiger charge is 2.13. The molecule has 1 fully saturated rings. The number of hydrogen-bond donors (Lipinski definition) is 2. The smallest absolute Gasteiger partial charge is 0.128 e. The van der Waals surface area contributed by atoms with Crippen LogP contribution in [0.3, 0.4) is 0 Å². The van der Waals surface area contributed by atoms with E-state index >= 15 is 0 Å². The molecule has 0 spiro atoms. The largest absolute Gasteiger partial charge is 0.385 e. The number of nitrogens with one attached hydrogen (secondary N) is 1. The molecule has 0 aliphatic carbocycles. The van der Waals surface area contributed by atoms with Gasteiger partial charge in [-0.1, -0.05) is 6.07 Å². The second-order valence-electron chi connectivity index (χ2n) is 5.62. The molecule has 0 aromatic carbocycles. The van der Waals surface area contributed by atoms with Crippen LogP contribution >= 0.6 is 0 Å². The highest BCUT2D eigenvalue weighted by Crippen LogP contribution is 2.18. The second-order valence-corrected chi connectivity index (χ2v) is 5.62. The molecule has 3 rings (SSSR count). The standard InChI is InChI=1S/C17H22N4O/c22-16(15-5-1-2-7-19-15)13-18-12-14-6-8-20-17(11-14)21-9-3-4-10-21/h1-2,5-8,11,16,18,22H,3-4,9-10,12-13H2. The molecule has 0 amide bonds. The van der Waals surface area contributed by atoms with Gasteiger partial charge in [0, 0.05) is 38.6 Å². The summed E-state index contributed by atoms with van der Waals surface area (Å²) in [5.74, 6) is 1.06. The van der Waals surface area contributed by atoms with E-state index in [9.17, 15) is 5.11 Å². The molecule has 2 N–H and O–H groups in total. The summed E-state index contributed by atoms with van der Waals surface area (Å²) in [5, 5.41) is 13.4. The van der Waals surface area contributed by atoms with Crippen molar-refractivity contribution in [2.45, 2.75) is 25.5 Å². The first-order chi connectivity index (χ1) is 10.8. The summed E-state index contributed by atoms with van der Waals surface area (Å²) in [5.41, 5.74) is 1.88. The van der Waals surface area contributed by atoms with Gasteiger partial charge in [-0.2, -0.15) is 0 Å². The second kappa shape index (κ2) is 7.33. The van der Waals surface area contributed by atoms with Gasteiger partial charge in [-0.25, -0.2) is 4.98 Å². The molecule has 0 saturated carbocycles. The van der Waals surface area contributed by atoms with Crippen LogP contribution in [0.2, 0.25) is 0 Å². The van der Waals surface area contributed by atoms with E-state index in [0.717, 1.165) is 18.9 Å². The molecule has 1 atom stereocenters. The Morgan fingerprint density at radius 3 is 2.77 bits per heavy atom. The number of aliphatic hydroxyl groups is 1. The first-order valence-corrected chi connectivity index (χ1v) is 7.82. The molecule has 5 nitrogen and oxygen atoms in total. The minimum Gasteiger partial charge on any atom is -0.385 e. The van der Waals surface area contributed by atoms with E-state index in [4.69, 9.17) is 0 Å². The molecule has 1 unspecified atom stereocenters. The van der Waals surface area contributed by atoms with Crippen molar-refractivity contribution in [2.24, 2.45) is 0 Å². The Kier molecular flexibility index (Phi) is 4.98. The summed E-state index contributed by atoms with van der Waals surface area (Å²) in [7, 11) is 0. The lowest BCUT2D eigenvalue weighted by atomic mass is 10.2. The molecule has 1 saturated heterocycles. The molecule has 3 heterocycles. The van der Waals surface area contributed by atoms with Crippen molar-refractivity contribution in [3.05, 3.63) is 54.0 Å². The van der Waals surface area contributed by atoms with E-state index in [-0.39, 0.29) is 0 Å². The van der Waals surface area contributed by atoms with Gasteiger partial charge in [0.2, 0.25) is 0 Å². The van der Waals surface area contributed by atoms with Crippen molar-refractivity contribution in [1.29, 1.82) is 0 Å². The van der Waals surface area contributed by atoms with Crippen LogP contribution in [0.1, 0.15) is 30.2 Å². The zero-order chi connectivity index (χ0) is 15.2. The average Bonchev–Trinajstić information content (AvgIpc) is 3.10. The number of aliphatic hydroxyl groups excluding tert-OH is 1. The van der Waals surface area contributed by atoms with Crippen LogP contribution in [0.25, 0.3) is 0 Å². The molecular weight excluding hydrogens is 276 g/mol. The van der Waals surface area contributed by atoms with Gasteiger partial charge < -0.3 is 15.3 Å². The number of hydrogen-bond acceptors (Lipinski definition) is 5. The van der Waals surface area contributed by atoms with Crippen LogP contribution in [0.5, 0.6) is 0 Å². The Morgan fingerprint density at radius 1 is 1.14 bits per heavy atom. The average molecular weight is 298 g/mol. The number of anilines is 1. The van der Waals surface area contributed by atoms with E-state index in [2.05, 4.69) is 26.3 Å². The van der Waals surface area contributed by atoms with Gasteiger partial charge in [0.05, 0.1) is 5.69 Å². The molecule has 1 aliphatic heterocycles. The van der Waals surface area contributed by atoms with E-state index in [1.54, 1.807) is 6.20 Å². The van der Waals surface area contributed by atoms with Crippen LogP contribution in [-0.2, 0) is 6.54 Å².